The van der Waals surface area contributed by atoms with Crippen LogP contribution in [0.2, 0.25) is 0 Å². The molecular formula is C28H40N6O. The third-order valence-corrected chi connectivity index (χ3v) is 6.87. The van der Waals surface area contributed by atoms with Crippen molar-refractivity contribution in [1.82, 2.24) is 29.5 Å². The number of H-pyrrole nitrogens is 2. The highest BCUT2D eigenvalue weighted by Gasteiger charge is 2.18. The number of rotatable bonds is 3. The molecule has 5 rings (SSSR count). The van der Waals surface area contributed by atoms with E-state index in [-0.39, 0.29) is 5.69 Å². The lowest BCUT2D eigenvalue weighted by Gasteiger charge is -2.32. The minimum absolute atomic E-state index is 0.184. The fourth-order valence-corrected chi connectivity index (χ4v) is 5.07. The van der Waals surface area contributed by atoms with Crippen molar-refractivity contribution in [2.75, 3.05) is 19.6 Å². The van der Waals surface area contributed by atoms with Crippen molar-refractivity contribution in [2.45, 2.75) is 73.6 Å². The first-order valence-corrected chi connectivity index (χ1v) is 12.8. The van der Waals surface area contributed by atoms with Crippen LogP contribution in [0.15, 0.2) is 29.5 Å². The van der Waals surface area contributed by atoms with Crippen LogP contribution in [0, 0.1) is 19.3 Å². The number of nitrogens with one attached hydrogen (secondary N) is 2. The Labute approximate surface area is 208 Å². The highest BCUT2D eigenvalue weighted by Crippen LogP contribution is 2.35. The summed E-state index contributed by atoms with van der Waals surface area (Å²) in [4.78, 5) is 24.3. The van der Waals surface area contributed by atoms with Crippen molar-refractivity contribution in [3.63, 3.8) is 0 Å². The molecular weight excluding hydrogens is 436 g/mol. The number of fused-ring (bicyclic) bond motifs is 2. The van der Waals surface area contributed by atoms with Crippen LogP contribution in [-0.2, 0) is 0 Å². The minimum Gasteiger partial charge on any atom is -0.306 e. The maximum absolute atomic E-state index is 11.6. The van der Waals surface area contributed by atoms with Gasteiger partial charge in [-0.3, -0.25) is 0 Å². The summed E-state index contributed by atoms with van der Waals surface area (Å²) in [6.07, 6.45) is 7.86. The third-order valence-electron chi connectivity index (χ3n) is 6.87. The molecule has 1 aromatic carbocycles. The average molecular weight is 477 g/mol. The number of aromatic nitrogens is 5. The van der Waals surface area contributed by atoms with Gasteiger partial charge in [0, 0.05) is 18.3 Å². The predicted molar refractivity (Wildman–Crippen MR) is 144 cm³/mol. The van der Waals surface area contributed by atoms with E-state index in [1.807, 2.05) is 16.8 Å². The molecule has 1 aliphatic rings. The van der Waals surface area contributed by atoms with Gasteiger partial charge in [0.25, 0.3) is 0 Å². The van der Waals surface area contributed by atoms with Crippen molar-refractivity contribution in [3.05, 3.63) is 51.8 Å². The first-order chi connectivity index (χ1) is 16.5. The van der Waals surface area contributed by atoms with Gasteiger partial charge >= 0.3 is 5.69 Å². The Morgan fingerprint density at radius 1 is 0.971 bits per heavy atom. The molecule has 4 aromatic rings. The molecule has 1 aliphatic heterocycles. The molecule has 4 heterocycles. The van der Waals surface area contributed by atoms with Crippen molar-refractivity contribution < 1.29 is 0 Å². The zero-order chi connectivity index (χ0) is 25.3. The van der Waals surface area contributed by atoms with Crippen LogP contribution in [0.25, 0.3) is 27.8 Å². The molecule has 0 spiro atoms. The van der Waals surface area contributed by atoms with Crippen LogP contribution in [0.1, 0.15) is 76.5 Å². The molecule has 0 saturated carbocycles. The van der Waals surface area contributed by atoms with Crippen LogP contribution < -0.4 is 5.69 Å². The second-order valence-electron chi connectivity index (χ2n) is 11.4. The third kappa shape index (κ3) is 5.67. The summed E-state index contributed by atoms with van der Waals surface area (Å²) < 4.78 is 1.81. The standard InChI is InChI=1S/C18H19N5O.C10H21N/c1-9(2)12-5-15-16(22-18(24)21-15)6-13(12)14-7-23-17(19-8-20-23)11(4)10(14)3;1-10(2,3)9-11-7-5-4-6-8-11/h5-9H,1-4H3,(H2,21,22,24);4-9H2,1-3H3. The largest absolute Gasteiger partial charge is 0.323 e. The summed E-state index contributed by atoms with van der Waals surface area (Å²) in [5, 5.41) is 4.29. The summed E-state index contributed by atoms with van der Waals surface area (Å²) in [6.45, 7) is 19.4. The zero-order valence-corrected chi connectivity index (χ0v) is 22.3. The van der Waals surface area contributed by atoms with E-state index in [0.29, 0.717) is 11.3 Å². The smallest absolute Gasteiger partial charge is 0.306 e. The Kier molecular flexibility index (Phi) is 7.17. The van der Waals surface area contributed by atoms with Crippen LogP contribution in [0.5, 0.6) is 0 Å². The molecule has 188 valence electrons. The van der Waals surface area contributed by atoms with Gasteiger partial charge in [-0.2, -0.15) is 5.10 Å². The summed E-state index contributed by atoms with van der Waals surface area (Å²) >= 11 is 0. The van der Waals surface area contributed by atoms with Crippen LogP contribution in [0.3, 0.4) is 0 Å². The summed E-state index contributed by atoms with van der Waals surface area (Å²) in [5.74, 6) is 0.328. The van der Waals surface area contributed by atoms with Gasteiger partial charge in [0.05, 0.1) is 11.0 Å². The molecule has 0 unspecified atom stereocenters. The first kappa shape index (κ1) is 25.2. The van der Waals surface area contributed by atoms with Crippen molar-refractivity contribution >= 4 is 16.7 Å². The van der Waals surface area contributed by atoms with Crippen molar-refractivity contribution in [3.8, 4) is 11.1 Å². The Morgan fingerprint density at radius 3 is 2.26 bits per heavy atom. The predicted octanol–water partition coefficient (Wildman–Crippen LogP) is 5.82. The fourth-order valence-electron chi connectivity index (χ4n) is 5.07. The number of benzene rings is 1. The SMILES string of the molecule is CC(C)(C)CN1CCCCC1.Cc1c(-c2cc3[nH]c(=O)[nH]c3cc2C(C)C)cn2ncnc2c1C. The summed E-state index contributed by atoms with van der Waals surface area (Å²) in [7, 11) is 0. The number of likely N-dealkylation sites (tertiary alicyclic amines) is 1. The number of hydrogen-bond acceptors (Lipinski definition) is 4. The van der Waals surface area contributed by atoms with Gasteiger partial charge in [-0.05, 0) is 85.5 Å². The lowest BCUT2D eigenvalue weighted by molar-refractivity contribution is 0.164. The van der Waals surface area contributed by atoms with Gasteiger partial charge in [-0.25, -0.2) is 14.3 Å². The Balaban J connectivity index is 0.000000221. The summed E-state index contributed by atoms with van der Waals surface area (Å²) in [6, 6.07) is 4.11. The monoisotopic (exact) mass is 476 g/mol. The lowest BCUT2D eigenvalue weighted by Crippen LogP contribution is -2.36. The topological polar surface area (TPSA) is 82.1 Å². The van der Waals surface area contributed by atoms with Gasteiger partial charge in [0.1, 0.15) is 6.33 Å². The minimum atomic E-state index is -0.184. The number of hydrogen-bond donors (Lipinski definition) is 2. The van der Waals surface area contributed by atoms with Crippen LogP contribution in [0.4, 0.5) is 0 Å². The molecule has 0 radical (unpaired) electrons. The van der Waals surface area contributed by atoms with Gasteiger partial charge in [0.15, 0.2) is 5.65 Å². The highest BCUT2D eigenvalue weighted by molar-refractivity contribution is 5.85. The van der Waals surface area contributed by atoms with E-state index in [1.54, 1.807) is 6.33 Å². The number of pyridine rings is 1. The van der Waals surface area contributed by atoms with E-state index >= 15 is 0 Å². The Bertz CT molecular complexity index is 1360. The lowest BCUT2D eigenvalue weighted by atomic mass is 9.90. The maximum Gasteiger partial charge on any atom is 0.323 e. The van der Waals surface area contributed by atoms with Gasteiger partial charge in [-0.15, -0.1) is 0 Å². The molecule has 2 N–H and O–H groups in total. The number of imidazole rings is 1. The molecule has 1 fully saturated rings. The normalized spacial score (nSPS) is 15.1. The average Bonchev–Trinajstić information content (AvgIpc) is 3.40. The maximum atomic E-state index is 11.6. The molecule has 0 atom stereocenters. The van der Waals surface area contributed by atoms with Gasteiger partial charge in [-0.1, -0.05) is 41.0 Å². The van der Waals surface area contributed by atoms with Crippen molar-refractivity contribution in [2.24, 2.45) is 5.41 Å². The van der Waals surface area contributed by atoms with E-state index in [9.17, 15) is 4.79 Å². The molecule has 0 bridgehead atoms. The molecule has 7 nitrogen and oxygen atoms in total. The fraction of sp³-hybridized carbons (Fsp3) is 0.536. The quantitative estimate of drug-likeness (QED) is 0.390. The number of piperidine rings is 1. The Hall–Kier alpha value is -2.93. The van der Waals surface area contributed by atoms with Crippen LogP contribution in [-0.4, -0.2) is 49.1 Å². The molecule has 35 heavy (non-hydrogen) atoms. The van der Waals surface area contributed by atoms with E-state index in [2.05, 4.69) is 79.5 Å². The number of aromatic amines is 2. The second kappa shape index (κ2) is 9.97. The molecule has 0 amide bonds. The van der Waals surface area contributed by atoms with E-state index in [4.69, 9.17) is 0 Å². The van der Waals surface area contributed by atoms with Crippen LogP contribution >= 0.6 is 0 Å². The highest BCUT2D eigenvalue weighted by atomic mass is 16.1. The van der Waals surface area contributed by atoms with Gasteiger partial charge < -0.3 is 14.9 Å². The zero-order valence-electron chi connectivity index (χ0n) is 22.3. The first-order valence-electron chi connectivity index (χ1n) is 12.8. The molecule has 7 heteroatoms. The molecule has 3 aromatic heterocycles. The second-order valence-corrected chi connectivity index (χ2v) is 11.4. The summed E-state index contributed by atoms with van der Waals surface area (Å²) in [5.41, 5.74) is 8.53. The van der Waals surface area contributed by atoms with E-state index < -0.39 is 0 Å². The van der Waals surface area contributed by atoms with E-state index in [1.165, 1.54) is 50.0 Å². The number of aryl methyl sites for hydroxylation is 1. The van der Waals surface area contributed by atoms with Gasteiger partial charge in [0.2, 0.25) is 0 Å². The molecule has 1 saturated heterocycles. The van der Waals surface area contributed by atoms with E-state index in [0.717, 1.165) is 33.4 Å². The van der Waals surface area contributed by atoms with Crippen molar-refractivity contribution in [1.29, 1.82) is 0 Å². The molecule has 0 aliphatic carbocycles. The number of nitrogens with zero attached hydrogens (tertiary/aromatic N) is 4. The Morgan fingerprint density at radius 2 is 1.63 bits per heavy atom.